The first-order valence-corrected chi connectivity index (χ1v) is 7.56. The van der Waals surface area contributed by atoms with Gasteiger partial charge in [-0.1, -0.05) is 25.3 Å². The quantitative estimate of drug-likeness (QED) is 0.867. The van der Waals surface area contributed by atoms with Gasteiger partial charge in [-0.15, -0.1) is 0 Å². The van der Waals surface area contributed by atoms with Crippen molar-refractivity contribution in [1.82, 2.24) is 0 Å². The number of benzene rings is 1. The van der Waals surface area contributed by atoms with Crippen LogP contribution >= 0.6 is 0 Å². The van der Waals surface area contributed by atoms with E-state index in [1.54, 1.807) is 0 Å². The molecule has 1 aliphatic heterocycles. The number of rotatable bonds is 2. The minimum Gasteiger partial charge on any atom is -0.492 e. The van der Waals surface area contributed by atoms with Crippen molar-refractivity contribution in [3.05, 3.63) is 18.2 Å². The third kappa shape index (κ3) is 2.47. The molecule has 1 aromatic carbocycles. The Bertz CT molecular complexity index is 507. The molecule has 1 spiro atoms. The number of amides is 1. The Labute approximate surface area is 119 Å². The maximum Gasteiger partial charge on any atom is 0.226 e. The van der Waals surface area contributed by atoms with Crippen LogP contribution in [0.1, 0.15) is 45.4 Å². The molecule has 1 aliphatic carbocycles. The van der Waals surface area contributed by atoms with E-state index in [4.69, 9.17) is 4.74 Å². The van der Waals surface area contributed by atoms with Gasteiger partial charge >= 0.3 is 0 Å². The average Bonchev–Trinajstić information content (AvgIpc) is 2.56. The summed E-state index contributed by atoms with van der Waals surface area (Å²) in [4.78, 5) is 12.3. The number of hydrogen-bond donors (Lipinski definition) is 2. The fourth-order valence-electron chi connectivity index (χ4n) is 3.39. The normalized spacial score (nSPS) is 20.6. The van der Waals surface area contributed by atoms with Crippen molar-refractivity contribution in [2.24, 2.45) is 0 Å². The molecular formula is C16H22N2O2. The molecule has 1 saturated carbocycles. The molecule has 2 N–H and O–H groups in total. The molecule has 1 amide bonds. The highest BCUT2D eigenvalue weighted by Gasteiger charge is 2.37. The molecule has 0 atom stereocenters. The van der Waals surface area contributed by atoms with Gasteiger partial charge in [-0.3, -0.25) is 4.79 Å². The molecule has 0 saturated heterocycles. The molecule has 3 rings (SSSR count). The summed E-state index contributed by atoms with van der Waals surface area (Å²) in [7, 11) is 0. The number of ether oxygens (including phenoxy) is 1. The molecule has 0 unspecified atom stereocenters. The summed E-state index contributed by atoms with van der Waals surface area (Å²) in [6, 6.07) is 5.91. The highest BCUT2D eigenvalue weighted by Crippen LogP contribution is 2.42. The van der Waals surface area contributed by atoms with Gasteiger partial charge in [-0.25, -0.2) is 0 Å². The Hall–Kier alpha value is -1.71. The van der Waals surface area contributed by atoms with Crippen molar-refractivity contribution in [1.29, 1.82) is 0 Å². The number of carbonyl (C=O) groups is 1. The Balaban J connectivity index is 1.97. The summed E-state index contributed by atoms with van der Waals surface area (Å²) in [6.45, 7) is 2.55. The molecule has 1 fully saturated rings. The maximum atomic E-state index is 12.3. The van der Waals surface area contributed by atoms with E-state index in [-0.39, 0.29) is 11.4 Å². The van der Waals surface area contributed by atoms with Gasteiger partial charge in [0.1, 0.15) is 11.4 Å². The lowest BCUT2D eigenvalue weighted by Gasteiger charge is -2.37. The summed E-state index contributed by atoms with van der Waals surface area (Å²) >= 11 is 0. The van der Waals surface area contributed by atoms with Crippen LogP contribution in [0.3, 0.4) is 0 Å². The molecule has 20 heavy (non-hydrogen) atoms. The summed E-state index contributed by atoms with van der Waals surface area (Å²) in [5, 5.41) is 6.66. The molecule has 4 nitrogen and oxygen atoms in total. The number of nitrogens with one attached hydrogen (secondary N) is 2. The predicted octanol–water partition coefficient (Wildman–Crippen LogP) is 3.54. The highest BCUT2D eigenvalue weighted by atomic mass is 16.5. The second-order valence-electron chi connectivity index (χ2n) is 5.80. The van der Waals surface area contributed by atoms with Crippen LogP contribution in [-0.4, -0.2) is 18.1 Å². The van der Waals surface area contributed by atoms with Crippen molar-refractivity contribution in [2.45, 2.75) is 51.0 Å². The average molecular weight is 274 g/mol. The van der Waals surface area contributed by atoms with Gasteiger partial charge in [0.15, 0.2) is 0 Å². The third-order valence-electron chi connectivity index (χ3n) is 4.30. The second kappa shape index (κ2) is 5.35. The Morgan fingerprint density at radius 1 is 1.25 bits per heavy atom. The van der Waals surface area contributed by atoms with Gasteiger partial charge in [0, 0.05) is 12.0 Å². The lowest BCUT2D eigenvalue weighted by Crippen LogP contribution is -2.41. The first kappa shape index (κ1) is 13.3. The topological polar surface area (TPSA) is 50.4 Å². The minimum absolute atomic E-state index is 0.0710. The van der Waals surface area contributed by atoms with E-state index in [0.717, 1.165) is 30.0 Å². The Morgan fingerprint density at radius 3 is 2.80 bits per heavy atom. The lowest BCUT2D eigenvalue weighted by molar-refractivity contribution is -0.117. The van der Waals surface area contributed by atoms with Gasteiger partial charge in [-0.05, 0) is 31.9 Å². The molecular weight excluding hydrogens is 252 g/mol. The van der Waals surface area contributed by atoms with E-state index in [0.29, 0.717) is 13.0 Å². The van der Waals surface area contributed by atoms with Crippen molar-refractivity contribution < 1.29 is 9.53 Å². The van der Waals surface area contributed by atoms with E-state index < -0.39 is 0 Å². The maximum absolute atomic E-state index is 12.3. The molecule has 0 radical (unpaired) electrons. The first-order valence-electron chi connectivity index (χ1n) is 7.56. The lowest BCUT2D eigenvalue weighted by atomic mass is 9.79. The van der Waals surface area contributed by atoms with Gasteiger partial charge in [-0.2, -0.15) is 0 Å². The summed E-state index contributed by atoms with van der Waals surface area (Å²) in [5.74, 6) is 0.837. The molecule has 0 aromatic heterocycles. The minimum atomic E-state index is -0.0710. The SMILES string of the molecule is CCOc1cccc2c1NC(=O)CC1(CCCCC1)N2. The van der Waals surface area contributed by atoms with Crippen molar-refractivity contribution >= 4 is 17.3 Å². The van der Waals surface area contributed by atoms with E-state index in [1.807, 2.05) is 25.1 Å². The van der Waals surface area contributed by atoms with Crippen molar-refractivity contribution in [3.63, 3.8) is 0 Å². The van der Waals surface area contributed by atoms with Crippen LogP contribution in [-0.2, 0) is 4.79 Å². The summed E-state index contributed by atoms with van der Waals surface area (Å²) < 4.78 is 5.63. The van der Waals surface area contributed by atoms with Crippen LogP contribution in [0, 0.1) is 0 Å². The number of anilines is 2. The standard InChI is InChI=1S/C16H22N2O2/c1-2-20-13-8-6-7-12-15(13)17-14(19)11-16(18-12)9-4-3-5-10-16/h6-8,18H,2-5,9-11H2,1H3,(H,17,19). The van der Waals surface area contributed by atoms with Crippen molar-refractivity contribution in [3.8, 4) is 5.75 Å². The zero-order valence-corrected chi connectivity index (χ0v) is 12.0. The van der Waals surface area contributed by atoms with Crippen LogP contribution in [0.15, 0.2) is 18.2 Å². The zero-order chi connectivity index (χ0) is 14.0. The fourth-order valence-corrected chi connectivity index (χ4v) is 3.39. The number of fused-ring (bicyclic) bond motifs is 1. The highest BCUT2D eigenvalue weighted by molar-refractivity contribution is 5.99. The number of carbonyl (C=O) groups excluding carboxylic acids is 1. The molecule has 1 aromatic rings. The third-order valence-corrected chi connectivity index (χ3v) is 4.30. The number of hydrogen-bond acceptors (Lipinski definition) is 3. The summed E-state index contributed by atoms with van der Waals surface area (Å²) in [6.07, 6.45) is 6.35. The van der Waals surface area contributed by atoms with Crippen LogP contribution in [0.4, 0.5) is 11.4 Å². The van der Waals surface area contributed by atoms with E-state index in [9.17, 15) is 4.79 Å². The molecule has 4 heteroatoms. The van der Waals surface area contributed by atoms with Crippen LogP contribution in [0.2, 0.25) is 0 Å². The molecule has 1 heterocycles. The zero-order valence-electron chi connectivity index (χ0n) is 12.0. The Morgan fingerprint density at radius 2 is 2.05 bits per heavy atom. The predicted molar refractivity (Wildman–Crippen MR) is 80.3 cm³/mol. The van der Waals surface area contributed by atoms with E-state index in [1.165, 1.54) is 19.3 Å². The summed E-state index contributed by atoms with van der Waals surface area (Å²) in [5.41, 5.74) is 1.71. The molecule has 2 aliphatic rings. The van der Waals surface area contributed by atoms with Gasteiger partial charge < -0.3 is 15.4 Å². The molecule has 108 valence electrons. The van der Waals surface area contributed by atoms with Crippen LogP contribution in [0.25, 0.3) is 0 Å². The number of para-hydroxylation sites is 1. The monoisotopic (exact) mass is 274 g/mol. The van der Waals surface area contributed by atoms with Gasteiger partial charge in [0.2, 0.25) is 5.91 Å². The smallest absolute Gasteiger partial charge is 0.226 e. The van der Waals surface area contributed by atoms with Gasteiger partial charge in [0.05, 0.1) is 12.3 Å². The fraction of sp³-hybridized carbons (Fsp3) is 0.562. The van der Waals surface area contributed by atoms with Crippen LogP contribution in [0.5, 0.6) is 5.75 Å². The van der Waals surface area contributed by atoms with E-state index >= 15 is 0 Å². The van der Waals surface area contributed by atoms with E-state index in [2.05, 4.69) is 10.6 Å². The second-order valence-corrected chi connectivity index (χ2v) is 5.80. The largest absolute Gasteiger partial charge is 0.492 e. The first-order chi connectivity index (χ1) is 9.72. The van der Waals surface area contributed by atoms with Crippen molar-refractivity contribution in [2.75, 3.05) is 17.2 Å². The van der Waals surface area contributed by atoms with Gasteiger partial charge in [0.25, 0.3) is 0 Å². The molecule has 0 bridgehead atoms. The Kier molecular flexibility index (Phi) is 3.55. The van der Waals surface area contributed by atoms with Crippen LogP contribution < -0.4 is 15.4 Å².